The molecule has 0 radical (unpaired) electrons. The molecule has 1 fully saturated rings. The first-order chi connectivity index (χ1) is 12.2. The number of hydrogen-bond acceptors (Lipinski definition) is 5. The van der Waals surface area contributed by atoms with Crippen LogP contribution in [0.5, 0.6) is 0 Å². The van der Waals surface area contributed by atoms with Gasteiger partial charge in [0.15, 0.2) is 5.11 Å². The van der Waals surface area contributed by atoms with Crippen LogP contribution < -0.4 is 15.5 Å². The maximum absolute atomic E-state index is 11.9. The number of nitrogens with zero attached hydrogens (tertiary/aromatic N) is 2. The second-order valence-electron chi connectivity index (χ2n) is 6.77. The minimum atomic E-state index is -3.16. The molecule has 0 saturated carbocycles. The van der Waals surface area contributed by atoms with E-state index in [-0.39, 0.29) is 16.9 Å². The molecule has 0 spiro atoms. The number of para-hydroxylation sites is 2. The molecule has 1 saturated heterocycles. The van der Waals surface area contributed by atoms with Gasteiger partial charge in [0.1, 0.15) is 0 Å². The molecule has 0 atom stereocenters. The zero-order chi connectivity index (χ0) is 19.3. The highest BCUT2D eigenvalue weighted by atomic mass is 32.2. The summed E-state index contributed by atoms with van der Waals surface area (Å²) in [5.41, 5.74) is 1.72. The molecule has 0 aliphatic carbocycles. The molecule has 26 heavy (non-hydrogen) atoms. The SMILES string of the molecule is CC(C)CC(=O)NC(=S)Nc1ccccc1N1CCN(S(C)(=O)=O)CC1. The predicted molar refractivity (Wildman–Crippen MR) is 109 cm³/mol. The topological polar surface area (TPSA) is 81.8 Å². The predicted octanol–water partition coefficient (Wildman–Crippen LogP) is 1.63. The smallest absolute Gasteiger partial charge is 0.226 e. The lowest BCUT2D eigenvalue weighted by Crippen LogP contribution is -2.48. The molecule has 0 bridgehead atoms. The third kappa shape index (κ3) is 5.93. The number of piperazine rings is 1. The summed E-state index contributed by atoms with van der Waals surface area (Å²) >= 11 is 5.24. The Kier molecular flexibility index (Phi) is 6.96. The van der Waals surface area contributed by atoms with Crippen molar-refractivity contribution in [1.82, 2.24) is 9.62 Å². The number of amides is 1. The Bertz CT molecular complexity index is 757. The molecule has 7 nitrogen and oxygen atoms in total. The van der Waals surface area contributed by atoms with Gasteiger partial charge >= 0.3 is 0 Å². The summed E-state index contributed by atoms with van der Waals surface area (Å²) in [6, 6.07) is 7.65. The Hall–Kier alpha value is -1.71. The van der Waals surface area contributed by atoms with E-state index in [0.717, 1.165) is 11.4 Å². The van der Waals surface area contributed by atoms with Gasteiger partial charge in [-0.1, -0.05) is 26.0 Å². The Morgan fingerprint density at radius 3 is 2.38 bits per heavy atom. The Labute approximate surface area is 160 Å². The summed E-state index contributed by atoms with van der Waals surface area (Å²) in [5, 5.41) is 6.03. The maximum atomic E-state index is 11.9. The second-order valence-corrected chi connectivity index (χ2v) is 9.16. The summed E-state index contributed by atoms with van der Waals surface area (Å²) in [6.07, 6.45) is 1.65. The van der Waals surface area contributed by atoms with E-state index >= 15 is 0 Å². The first-order valence-electron chi connectivity index (χ1n) is 8.56. The summed E-state index contributed by atoms with van der Waals surface area (Å²) < 4.78 is 24.8. The first-order valence-corrected chi connectivity index (χ1v) is 10.8. The molecule has 0 aromatic heterocycles. The molecule has 1 heterocycles. The fraction of sp³-hybridized carbons (Fsp3) is 0.529. The van der Waals surface area contributed by atoms with Crippen molar-refractivity contribution in [3.05, 3.63) is 24.3 Å². The van der Waals surface area contributed by atoms with Gasteiger partial charge in [0.2, 0.25) is 15.9 Å². The molecule has 1 aromatic carbocycles. The zero-order valence-electron chi connectivity index (χ0n) is 15.4. The van der Waals surface area contributed by atoms with Crippen molar-refractivity contribution in [3.63, 3.8) is 0 Å². The van der Waals surface area contributed by atoms with Crippen LogP contribution >= 0.6 is 12.2 Å². The molecule has 9 heteroatoms. The molecule has 1 aromatic rings. The average molecular weight is 399 g/mol. The number of hydrogen-bond donors (Lipinski definition) is 2. The first kappa shape index (κ1) is 20.6. The van der Waals surface area contributed by atoms with E-state index in [0.29, 0.717) is 32.6 Å². The summed E-state index contributed by atoms with van der Waals surface area (Å²) in [6.45, 7) is 6.03. The van der Waals surface area contributed by atoms with Gasteiger partial charge < -0.3 is 15.5 Å². The van der Waals surface area contributed by atoms with Gasteiger partial charge in [0, 0.05) is 32.6 Å². The Morgan fingerprint density at radius 1 is 1.19 bits per heavy atom. The lowest BCUT2D eigenvalue weighted by atomic mass is 10.1. The highest BCUT2D eigenvalue weighted by Crippen LogP contribution is 2.27. The van der Waals surface area contributed by atoms with Crippen LogP contribution in [0.1, 0.15) is 20.3 Å². The number of benzene rings is 1. The highest BCUT2D eigenvalue weighted by molar-refractivity contribution is 7.88. The Morgan fingerprint density at radius 2 is 1.81 bits per heavy atom. The van der Waals surface area contributed by atoms with Crippen LogP contribution in [0.3, 0.4) is 0 Å². The number of rotatable bonds is 5. The van der Waals surface area contributed by atoms with Crippen molar-refractivity contribution in [2.75, 3.05) is 42.7 Å². The van der Waals surface area contributed by atoms with Crippen molar-refractivity contribution < 1.29 is 13.2 Å². The minimum absolute atomic E-state index is 0.114. The van der Waals surface area contributed by atoms with Crippen LogP contribution in [-0.2, 0) is 14.8 Å². The normalized spacial score (nSPS) is 15.8. The third-order valence-corrected chi connectivity index (χ3v) is 5.55. The lowest BCUT2D eigenvalue weighted by Gasteiger charge is -2.35. The molecule has 2 N–H and O–H groups in total. The van der Waals surface area contributed by atoms with Crippen LogP contribution in [0.25, 0.3) is 0 Å². The highest BCUT2D eigenvalue weighted by Gasteiger charge is 2.24. The number of carbonyl (C=O) groups is 1. The molecule has 2 rings (SSSR count). The van der Waals surface area contributed by atoms with E-state index in [1.165, 1.54) is 10.6 Å². The number of thiocarbonyl (C=S) groups is 1. The monoisotopic (exact) mass is 398 g/mol. The molecule has 1 aliphatic rings. The van der Waals surface area contributed by atoms with Gasteiger partial charge in [0.05, 0.1) is 17.6 Å². The van der Waals surface area contributed by atoms with Crippen molar-refractivity contribution >= 4 is 44.6 Å². The van der Waals surface area contributed by atoms with E-state index in [2.05, 4.69) is 15.5 Å². The van der Waals surface area contributed by atoms with Gasteiger partial charge in [-0.15, -0.1) is 0 Å². The van der Waals surface area contributed by atoms with E-state index in [4.69, 9.17) is 12.2 Å². The maximum Gasteiger partial charge on any atom is 0.226 e. The standard InChI is InChI=1S/C17H26N4O3S2/c1-13(2)12-16(22)19-17(25)18-14-6-4-5-7-15(14)20-8-10-21(11-9-20)26(3,23)24/h4-7,13H,8-12H2,1-3H3,(H2,18,19,22,25). The minimum Gasteiger partial charge on any atom is -0.367 e. The fourth-order valence-corrected chi connectivity index (χ4v) is 3.87. The lowest BCUT2D eigenvalue weighted by molar-refractivity contribution is -0.120. The van der Waals surface area contributed by atoms with Crippen molar-refractivity contribution in [1.29, 1.82) is 0 Å². The van der Waals surface area contributed by atoms with Gasteiger partial charge in [-0.05, 0) is 30.3 Å². The van der Waals surface area contributed by atoms with Crippen LogP contribution in [-0.4, -0.2) is 56.2 Å². The molecule has 144 valence electrons. The van der Waals surface area contributed by atoms with E-state index in [9.17, 15) is 13.2 Å². The van der Waals surface area contributed by atoms with E-state index in [1.54, 1.807) is 0 Å². The van der Waals surface area contributed by atoms with Gasteiger partial charge in [0.25, 0.3) is 0 Å². The van der Waals surface area contributed by atoms with E-state index < -0.39 is 10.0 Å². The van der Waals surface area contributed by atoms with Gasteiger partial charge in [-0.25, -0.2) is 8.42 Å². The van der Waals surface area contributed by atoms with E-state index in [1.807, 2.05) is 38.1 Å². The zero-order valence-corrected chi connectivity index (χ0v) is 17.0. The summed E-state index contributed by atoms with van der Waals surface area (Å²) in [7, 11) is -3.16. The largest absolute Gasteiger partial charge is 0.367 e. The fourth-order valence-electron chi connectivity index (χ4n) is 2.82. The van der Waals surface area contributed by atoms with Gasteiger partial charge in [-0.2, -0.15) is 4.31 Å². The van der Waals surface area contributed by atoms with Crippen LogP contribution in [0, 0.1) is 5.92 Å². The average Bonchev–Trinajstić information content (AvgIpc) is 2.53. The van der Waals surface area contributed by atoms with Crippen LogP contribution in [0.2, 0.25) is 0 Å². The molecule has 0 unspecified atom stereocenters. The second kappa shape index (κ2) is 8.79. The van der Waals surface area contributed by atoms with Crippen LogP contribution in [0.4, 0.5) is 11.4 Å². The van der Waals surface area contributed by atoms with Crippen LogP contribution in [0.15, 0.2) is 24.3 Å². The van der Waals surface area contributed by atoms with Crippen molar-refractivity contribution in [2.24, 2.45) is 5.92 Å². The quantitative estimate of drug-likeness (QED) is 0.734. The number of carbonyl (C=O) groups excluding carboxylic acids is 1. The number of nitrogens with one attached hydrogen (secondary N) is 2. The summed E-state index contributed by atoms with van der Waals surface area (Å²) in [4.78, 5) is 14.0. The van der Waals surface area contributed by atoms with Gasteiger partial charge in [-0.3, -0.25) is 4.79 Å². The molecule has 1 aliphatic heterocycles. The number of anilines is 2. The van der Waals surface area contributed by atoms with Crippen molar-refractivity contribution in [3.8, 4) is 0 Å². The molecule has 1 amide bonds. The molecular weight excluding hydrogens is 372 g/mol. The summed E-state index contributed by atoms with van der Waals surface area (Å²) in [5.74, 6) is 0.146. The molecular formula is C17H26N4O3S2. The Balaban J connectivity index is 2.02. The number of sulfonamides is 1. The van der Waals surface area contributed by atoms with Crippen molar-refractivity contribution in [2.45, 2.75) is 20.3 Å². The third-order valence-electron chi connectivity index (χ3n) is 4.05.